The van der Waals surface area contributed by atoms with Crippen molar-refractivity contribution in [3.63, 3.8) is 0 Å². The highest BCUT2D eigenvalue weighted by Crippen LogP contribution is 2.33. The lowest BCUT2D eigenvalue weighted by molar-refractivity contribution is 0.0901. The molecule has 0 saturated heterocycles. The molecule has 3 rings (SSSR count). The van der Waals surface area contributed by atoms with Crippen molar-refractivity contribution in [1.82, 2.24) is 20.1 Å². The van der Waals surface area contributed by atoms with Crippen molar-refractivity contribution in [1.29, 1.82) is 0 Å². The second-order valence-electron chi connectivity index (χ2n) is 8.54. The van der Waals surface area contributed by atoms with Gasteiger partial charge in [-0.05, 0) is 49.9 Å². The zero-order valence-electron chi connectivity index (χ0n) is 17.2. The van der Waals surface area contributed by atoms with Crippen molar-refractivity contribution in [2.75, 3.05) is 0 Å². The predicted molar refractivity (Wildman–Crippen MR) is 109 cm³/mol. The highest BCUT2D eigenvalue weighted by molar-refractivity contribution is 5.98. The maximum atomic E-state index is 13.3. The standard InChI is InChI=1S/C22H27FN4O/c1-13(2)27-20-16(12-24-27)11-18(14(3)25-20)21(28)26-19(22(4,5)6)15-7-9-17(23)10-8-15/h7-13,19H,1-6H3,(H,26,28). The first kappa shape index (κ1) is 20.0. The van der Waals surface area contributed by atoms with E-state index in [9.17, 15) is 9.18 Å². The lowest BCUT2D eigenvalue weighted by Crippen LogP contribution is -2.37. The molecular formula is C22H27FN4O. The summed E-state index contributed by atoms with van der Waals surface area (Å²) in [5.74, 6) is -0.496. The maximum absolute atomic E-state index is 13.3. The van der Waals surface area contributed by atoms with Crippen molar-refractivity contribution in [3.05, 3.63) is 59.2 Å². The molecule has 28 heavy (non-hydrogen) atoms. The maximum Gasteiger partial charge on any atom is 0.253 e. The molecule has 1 aromatic carbocycles. The van der Waals surface area contributed by atoms with E-state index in [4.69, 9.17) is 0 Å². The van der Waals surface area contributed by atoms with Gasteiger partial charge in [0.1, 0.15) is 5.82 Å². The quantitative estimate of drug-likeness (QED) is 0.692. The topological polar surface area (TPSA) is 59.8 Å². The lowest BCUT2D eigenvalue weighted by atomic mass is 9.82. The molecule has 1 atom stereocenters. The number of aromatic nitrogens is 3. The monoisotopic (exact) mass is 382 g/mol. The van der Waals surface area contributed by atoms with Crippen LogP contribution in [0.1, 0.15) is 68.3 Å². The Kier molecular flexibility index (Phi) is 5.24. The SMILES string of the molecule is Cc1nc2c(cnn2C(C)C)cc1C(=O)NC(c1ccc(F)cc1)C(C)(C)C. The molecule has 0 radical (unpaired) electrons. The molecule has 2 aromatic heterocycles. The van der Waals surface area contributed by atoms with Crippen molar-refractivity contribution in [2.24, 2.45) is 5.41 Å². The summed E-state index contributed by atoms with van der Waals surface area (Å²) in [6.07, 6.45) is 1.74. The van der Waals surface area contributed by atoms with Crippen LogP contribution in [0.2, 0.25) is 0 Å². The minimum absolute atomic E-state index is 0.188. The molecule has 0 saturated carbocycles. The van der Waals surface area contributed by atoms with Crippen LogP contribution in [0.4, 0.5) is 4.39 Å². The second kappa shape index (κ2) is 7.34. The molecule has 1 N–H and O–H groups in total. The molecule has 0 aliphatic rings. The number of benzene rings is 1. The summed E-state index contributed by atoms with van der Waals surface area (Å²) < 4.78 is 15.2. The van der Waals surface area contributed by atoms with Crippen LogP contribution < -0.4 is 5.32 Å². The summed E-state index contributed by atoms with van der Waals surface area (Å²) in [6, 6.07) is 8.02. The number of nitrogens with zero attached hydrogens (tertiary/aromatic N) is 3. The summed E-state index contributed by atoms with van der Waals surface area (Å²) in [5, 5.41) is 8.33. The number of carbonyl (C=O) groups excluding carboxylic acids is 1. The van der Waals surface area contributed by atoms with Crippen molar-refractivity contribution in [3.8, 4) is 0 Å². The highest BCUT2D eigenvalue weighted by Gasteiger charge is 2.29. The smallest absolute Gasteiger partial charge is 0.253 e. The molecule has 3 aromatic rings. The van der Waals surface area contributed by atoms with Crippen LogP contribution in [0.5, 0.6) is 0 Å². The molecule has 1 amide bonds. The number of pyridine rings is 1. The Bertz CT molecular complexity index is 1000. The largest absolute Gasteiger partial charge is 0.345 e. The molecule has 6 heteroatoms. The Labute approximate surface area is 165 Å². The van der Waals surface area contributed by atoms with Crippen LogP contribution in [0.25, 0.3) is 11.0 Å². The van der Waals surface area contributed by atoms with E-state index in [2.05, 4.69) is 15.4 Å². The van der Waals surface area contributed by atoms with E-state index in [0.29, 0.717) is 11.3 Å². The van der Waals surface area contributed by atoms with Crippen LogP contribution in [0, 0.1) is 18.2 Å². The van der Waals surface area contributed by atoms with Gasteiger partial charge in [-0.3, -0.25) is 4.79 Å². The number of rotatable bonds is 4. The van der Waals surface area contributed by atoms with E-state index in [-0.39, 0.29) is 29.2 Å². The minimum atomic E-state index is -0.296. The van der Waals surface area contributed by atoms with Crippen molar-refractivity contribution >= 4 is 16.9 Å². The number of fused-ring (bicyclic) bond motifs is 1. The first-order valence-electron chi connectivity index (χ1n) is 9.49. The average Bonchev–Trinajstić information content (AvgIpc) is 3.01. The van der Waals surface area contributed by atoms with Gasteiger partial charge in [0.2, 0.25) is 0 Å². The second-order valence-corrected chi connectivity index (χ2v) is 8.54. The first-order chi connectivity index (χ1) is 13.1. The number of hydrogen-bond acceptors (Lipinski definition) is 3. The van der Waals surface area contributed by atoms with Gasteiger partial charge in [-0.1, -0.05) is 32.9 Å². The third-order valence-corrected chi connectivity index (χ3v) is 4.84. The van der Waals surface area contributed by atoms with Gasteiger partial charge in [0, 0.05) is 11.4 Å². The molecule has 0 aliphatic carbocycles. The molecule has 1 unspecified atom stereocenters. The zero-order valence-corrected chi connectivity index (χ0v) is 17.2. The van der Waals surface area contributed by atoms with Crippen molar-refractivity contribution in [2.45, 2.75) is 53.6 Å². The zero-order chi connectivity index (χ0) is 20.6. The Hall–Kier alpha value is -2.76. The van der Waals surface area contributed by atoms with Gasteiger partial charge in [-0.15, -0.1) is 0 Å². The van der Waals surface area contributed by atoms with Crippen LogP contribution in [0.3, 0.4) is 0 Å². The fraction of sp³-hybridized carbons (Fsp3) is 0.409. The number of amides is 1. The molecule has 0 aliphatic heterocycles. The van der Waals surface area contributed by atoms with Crippen LogP contribution in [0.15, 0.2) is 36.5 Å². The third kappa shape index (κ3) is 3.91. The normalized spacial score (nSPS) is 13.1. The Balaban J connectivity index is 1.96. The van der Waals surface area contributed by atoms with Gasteiger partial charge in [-0.2, -0.15) is 5.10 Å². The summed E-state index contributed by atoms with van der Waals surface area (Å²) in [4.78, 5) is 17.7. The van der Waals surface area contributed by atoms with Crippen LogP contribution >= 0.6 is 0 Å². The van der Waals surface area contributed by atoms with Gasteiger partial charge in [-0.25, -0.2) is 14.1 Å². The third-order valence-electron chi connectivity index (χ3n) is 4.84. The number of hydrogen-bond donors (Lipinski definition) is 1. The number of carbonyl (C=O) groups is 1. The Morgan fingerprint density at radius 1 is 1.18 bits per heavy atom. The first-order valence-corrected chi connectivity index (χ1v) is 9.49. The summed E-state index contributed by atoms with van der Waals surface area (Å²) in [7, 11) is 0. The minimum Gasteiger partial charge on any atom is -0.345 e. The van der Waals surface area contributed by atoms with Gasteiger partial charge < -0.3 is 5.32 Å². The highest BCUT2D eigenvalue weighted by atomic mass is 19.1. The van der Waals surface area contributed by atoms with E-state index in [0.717, 1.165) is 16.6 Å². The molecular weight excluding hydrogens is 355 g/mol. The fourth-order valence-electron chi connectivity index (χ4n) is 3.34. The predicted octanol–water partition coefficient (Wildman–Crippen LogP) is 4.98. The Morgan fingerprint density at radius 2 is 1.82 bits per heavy atom. The summed E-state index contributed by atoms with van der Waals surface area (Å²) >= 11 is 0. The molecule has 0 fully saturated rings. The molecule has 148 valence electrons. The molecule has 0 spiro atoms. The summed E-state index contributed by atoms with van der Waals surface area (Å²) in [5.41, 5.74) is 2.56. The van der Waals surface area contributed by atoms with Gasteiger partial charge in [0.15, 0.2) is 5.65 Å². The van der Waals surface area contributed by atoms with Crippen LogP contribution in [-0.4, -0.2) is 20.7 Å². The molecule has 5 nitrogen and oxygen atoms in total. The van der Waals surface area contributed by atoms with E-state index < -0.39 is 0 Å². The number of halogens is 1. The lowest BCUT2D eigenvalue weighted by Gasteiger charge is -2.32. The Morgan fingerprint density at radius 3 is 2.39 bits per heavy atom. The average molecular weight is 382 g/mol. The van der Waals surface area contributed by atoms with Crippen LogP contribution in [-0.2, 0) is 0 Å². The molecule has 0 bridgehead atoms. The van der Waals surface area contributed by atoms with E-state index in [1.807, 2.05) is 52.3 Å². The molecule has 2 heterocycles. The van der Waals surface area contributed by atoms with E-state index >= 15 is 0 Å². The van der Waals surface area contributed by atoms with Gasteiger partial charge >= 0.3 is 0 Å². The summed E-state index contributed by atoms with van der Waals surface area (Å²) in [6.45, 7) is 12.0. The number of aryl methyl sites for hydroxylation is 1. The van der Waals surface area contributed by atoms with E-state index in [1.54, 1.807) is 18.3 Å². The van der Waals surface area contributed by atoms with Crippen molar-refractivity contribution < 1.29 is 9.18 Å². The van der Waals surface area contributed by atoms with E-state index in [1.165, 1.54) is 12.1 Å². The van der Waals surface area contributed by atoms with Gasteiger partial charge in [0.25, 0.3) is 5.91 Å². The fourth-order valence-corrected chi connectivity index (χ4v) is 3.34. The number of nitrogens with one attached hydrogen (secondary N) is 1. The van der Waals surface area contributed by atoms with Gasteiger partial charge in [0.05, 0.1) is 23.5 Å².